The topological polar surface area (TPSA) is 102 Å². The van der Waals surface area contributed by atoms with Gasteiger partial charge in [-0.3, -0.25) is 0 Å². The molecule has 2 aliphatic rings. The van der Waals surface area contributed by atoms with Crippen molar-refractivity contribution < 1.29 is 52.1 Å². The maximum absolute atomic E-state index is 6.43. The maximum atomic E-state index is 6.43. The second kappa shape index (κ2) is 13.3. The van der Waals surface area contributed by atoms with Crippen LogP contribution in [0.1, 0.15) is 0 Å². The highest BCUT2D eigenvalue weighted by Gasteiger charge is 2.53. The molecule has 2 fully saturated rings. The second-order valence-corrected chi connectivity index (χ2v) is 7.33. The Morgan fingerprint density at radius 3 is 1.32 bits per heavy atom. The van der Waals surface area contributed by atoms with Crippen molar-refractivity contribution in [2.24, 2.45) is 0 Å². The predicted molar refractivity (Wildman–Crippen MR) is 107 cm³/mol. The molecule has 0 bridgehead atoms. The van der Waals surface area contributed by atoms with Crippen molar-refractivity contribution in [1.29, 1.82) is 0 Å². The molecule has 2 saturated heterocycles. The van der Waals surface area contributed by atoms with Crippen LogP contribution in [0, 0.1) is 0 Å². The monoisotopic (exact) mass is 454 g/mol. The molecule has 0 aliphatic carbocycles. The molecule has 184 valence electrons. The van der Waals surface area contributed by atoms with Crippen molar-refractivity contribution in [2.45, 2.75) is 61.4 Å². The highest BCUT2D eigenvalue weighted by molar-refractivity contribution is 4.96. The molecule has 0 saturated carbocycles. The van der Waals surface area contributed by atoms with Crippen LogP contribution in [0.2, 0.25) is 0 Å². The molecular formula is C20H38O11. The van der Waals surface area contributed by atoms with Crippen molar-refractivity contribution in [3.63, 3.8) is 0 Å². The molecule has 2 rings (SSSR count). The van der Waals surface area contributed by atoms with Gasteiger partial charge in [-0.2, -0.15) is 0 Å². The molecule has 10 atom stereocenters. The third kappa shape index (κ3) is 5.92. The molecule has 31 heavy (non-hydrogen) atoms. The van der Waals surface area contributed by atoms with Gasteiger partial charge in [-0.15, -0.1) is 0 Å². The summed E-state index contributed by atoms with van der Waals surface area (Å²) in [5.74, 6) is 0. The predicted octanol–water partition coefficient (Wildman–Crippen LogP) is -0.164. The van der Waals surface area contributed by atoms with Crippen LogP contribution < -0.4 is 0 Å². The van der Waals surface area contributed by atoms with Crippen LogP contribution in [0.15, 0.2) is 0 Å². The minimum atomic E-state index is -0.816. The number of hydrogen-bond donors (Lipinski definition) is 0. The SMILES string of the molecule is COC[C@@H]1O[C@@H](OC)[C@@H](OC)[C@H](OC)[C@@H]1O[C@@H]1O[C@@H](COC)[C@@H](OC)[C@@H](OC)[C@H]1OC. The molecule has 0 unspecified atom stereocenters. The Morgan fingerprint density at radius 2 is 0.871 bits per heavy atom. The van der Waals surface area contributed by atoms with E-state index in [0.717, 1.165) is 0 Å². The Kier molecular flexibility index (Phi) is 11.5. The van der Waals surface area contributed by atoms with Crippen molar-refractivity contribution in [3.05, 3.63) is 0 Å². The highest BCUT2D eigenvalue weighted by atomic mass is 16.8. The van der Waals surface area contributed by atoms with Gasteiger partial charge in [0.2, 0.25) is 0 Å². The van der Waals surface area contributed by atoms with E-state index in [1.54, 1.807) is 56.9 Å². The lowest BCUT2D eigenvalue weighted by Gasteiger charge is -2.49. The number of hydrogen-bond acceptors (Lipinski definition) is 11. The highest BCUT2D eigenvalue weighted by Crippen LogP contribution is 2.33. The van der Waals surface area contributed by atoms with Gasteiger partial charge in [0, 0.05) is 56.9 Å². The van der Waals surface area contributed by atoms with Crippen LogP contribution in [-0.4, -0.2) is 132 Å². The van der Waals surface area contributed by atoms with E-state index in [1.807, 2.05) is 0 Å². The number of ether oxygens (including phenoxy) is 11. The van der Waals surface area contributed by atoms with Crippen LogP contribution in [-0.2, 0) is 52.1 Å². The molecule has 0 spiro atoms. The van der Waals surface area contributed by atoms with Gasteiger partial charge in [-0.25, -0.2) is 0 Å². The molecular weight excluding hydrogens is 416 g/mol. The van der Waals surface area contributed by atoms with Crippen LogP contribution in [0.25, 0.3) is 0 Å². The lowest BCUT2D eigenvalue weighted by atomic mass is 9.96. The smallest absolute Gasteiger partial charge is 0.187 e. The molecule has 2 aliphatic heterocycles. The zero-order valence-corrected chi connectivity index (χ0v) is 19.7. The summed E-state index contributed by atoms with van der Waals surface area (Å²) < 4.78 is 63.2. The summed E-state index contributed by atoms with van der Waals surface area (Å²) in [7, 11) is 12.6. The third-order valence-corrected chi connectivity index (χ3v) is 5.73. The van der Waals surface area contributed by atoms with Crippen molar-refractivity contribution in [3.8, 4) is 0 Å². The molecule has 0 radical (unpaired) electrons. The average molecular weight is 455 g/mol. The summed E-state index contributed by atoms with van der Waals surface area (Å²) in [6, 6.07) is 0. The van der Waals surface area contributed by atoms with Gasteiger partial charge >= 0.3 is 0 Å². The van der Waals surface area contributed by atoms with Crippen molar-refractivity contribution in [2.75, 3.05) is 70.1 Å². The zero-order chi connectivity index (χ0) is 23.0. The largest absolute Gasteiger partial charge is 0.382 e. The summed E-state index contributed by atoms with van der Waals surface area (Å²) in [6.45, 7) is 0.540. The van der Waals surface area contributed by atoms with Crippen LogP contribution >= 0.6 is 0 Å². The minimum absolute atomic E-state index is 0.251. The van der Waals surface area contributed by atoms with Gasteiger partial charge in [-0.1, -0.05) is 0 Å². The van der Waals surface area contributed by atoms with Gasteiger partial charge in [0.25, 0.3) is 0 Å². The first kappa shape index (κ1) is 26.8. The molecule has 0 aromatic rings. The summed E-state index contributed by atoms with van der Waals surface area (Å²) in [5.41, 5.74) is 0. The van der Waals surface area contributed by atoms with E-state index in [2.05, 4.69) is 0 Å². The third-order valence-electron chi connectivity index (χ3n) is 5.73. The Morgan fingerprint density at radius 1 is 0.452 bits per heavy atom. The van der Waals surface area contributed by atoms with Gasteiger partial charge in [-0.05, 0) is 0 Å². The molecule has 0 amide bonds. The second-order valence-electron chi connectivity index (χ2n) is 7.33. The van der Waals surface area contributed by atoms with Gasteiger partial charge in [0.05, 0.1) is 13.2 Å². The first-order valence-corrected chi connectivity index (χ1v) is 10.2. The quantitative estimate of drug-likeness (QED) is 0.393. The van der Waals surface area contributed by atoms with E-state index in [4.69, 9.17) is 52.1 Å². The fraction of sp³-hybridized carbons (Fsp3) is 1.00. The summed E-state index contributed by atoms with van der Waals surface area (Å²) in [6.07, 6.45) is -5.50. The van der Waals surface area contributed by atoms with Gasteiger partial charge in [0.15, 0.2) is 12.6 Å². The van der Waals surface area contributed by atoms with E-state index in [1.165, 1.54) is 0 Å². The zero-order valence-electron chi connectivity index (χ0n) is 19.7. The van der Waals surface area contributed by atoms with Crippen LogP contribution in [0.3, 0.4) is 0 Å². The Labute approximate surface area is 184 Å². The molecule has 2 heterocycles. The molecule has 11 nitrogen and oxygen atoms in total. The summed E-state index contributed by atoms with van der Waals surface area (Å²) in [4.78, 5) is 0. The summed E-state index contributed by atoms with van der Waals surface area (Å²) >= 11 is 0. The van der Waals surface area contributed by atoms with E-state index in [-0.39, 0.29) is 13.2 Å². The standard InChI is InChI=1S/C20H38O11/c1-21-9-11-13(23-3)15(24-4)18(27-7)20(30-11)31-14-12(10-22-2)29-19(28-8)17(26-6)16(14)25-5/h11-20H,9-10H2,1-8H3/t11-,12-,13+,14+,15+,16+,17-,18+,19+,20-/m0/s1. The maximum Gasteiger partial charge on any atom is 0.187 e. The normalized spacial score (nSPS) is 41.4. The Hall–Kier alpha value is -0.440. The summed E-state index contributed by atoms with van der Waals surface area (Å²) in [5, 5.41) is 0. The molecule has 0 aromatic heterocycles. The van der Waals surface area contributed by atoms with E-state index in [0.29, 0.717) is 0 Å². The first-order chi connectivity index (χ1) is 15.0. The van der Waals surface area contributed by atoms with Gasteiger partial charge in [0.1, 0.15) is 48.8 Å². The number of methoxy groups -OCH3 is 8. The first-order valence-electron chi connectivity index (χ1n) is 10.2. The van der Waals surface area contributed by atoms with E-state index >= 15 is 0 Å². The minimum Gasteiger partial charge on any atom is -0.382 e. The Balaban J connectivity index is 2.32. The van der Waals surface area contributed by atoms with Crippen LogP contribution in [0.5, 0.6) is 0 Å². The fourth-order valence-electron chi connectivity index (χ4n) is 4.29. The fourth-order valence-corrected chi connectivity index (χ4v) is 4.29. The molecule has 0 aromatic carbocycles. The van der Waals surface area contributed by atoms with E-state index < -0.39 is 61.4 Å². The average Bonchev–Trinajstić information content (AvgIpc) is 2.79. The van der Waals surface area contributed by atoms with Crippen molar-refractivity contribution >= 4 is 0 Å². The lowest BCUT2D eigenvalue weighted by molar-refractivity contribution is -0.365. The number of rotatable bonds is 12. The van der Waals surface area contributed by atoms with Crippen LogP contribution in [0.4, 0.5) is 0 Å². The molecule has 0 N–H and O–H groups in total. The molecule has 11 heteroatoms. The van der Waals surface area contributed by atoms with Gasteiger partial charge < -0.3 is 52.1 Å². The van der Waals surface area contributed by atoms with Crippen molar-refractivity contribution in [1.82, 2.24) is 0 Å². The van der Waals surface area contributed by atoms with E-state index in [9.17, 15) is 0 Å². The Bertz CT molecular complexity index is 496. The lowest BCUT2D eigenvalue weighted by Crippen LogP contribution is -2.66.